The zero-order chi connectivity index (χ0) is 16.6. The molecule has 8 heteroatoms. The summed E-state index contributed by atoms with van der Waals surface area (Å²) in [5.41, 5.74) is 12.6. The summed E-state index contributed by atoms with van der Waals surface area (Å²) in [6, 6.07) is 4.00. The SMILES string of the molecule is COc1cc2c(C#N)c(N3CC[NH+](C)CC3)nc(N)c2c(N)[nH+]1. The van der Waals surface area contributed by atoms with Gasteiger partial charge in [-0.15, -0.1) is 0 Å². The Labute approximate surface area is 134 Å². The lowest BCUT2D eigenvalue weighted by molar-refractivity contribution is -0.880. The van der Waals surface area contributed by atoms with E-state index in [1.165, 1.54) is 12.0 Å². The summed E-state index contributed by atoms with van der Waals surface area (Å²) in [6.45, 7) is 3.67. The Balaban J connectivity index is 2.22. The predicted molar refractivity (Wildman–Crippen MR) is 87.2 cm³/mol. The van der Waals surface area contributed by atoms with Crippen molar-refractivity contribution >= 4 is 28.2 Å². The first-order valence-electron chi connectivity index (χ1n) is 7.50. The molecule has 6 N–H and O–H groups in total. The van der Waals surface area contributed by atoms with Gasteiger partial charge in [-0.25, -0.2) is 9.97 Å². The number of rotatable bonds is 2. The number of quaternary nitrogens is 1. The van der Waals surface area contributed by atoms with Crippen molar-refractivity contribution in [1.29, 1.82) is 5.26 Å². The molecule has 2 aromatic rings. The van der Waals surface area contributed by atoms with E-state index in [0.717, 1.165) is 26.2 Å². The molecule has 1 aliphatic heterocycles. The molecular weight excluding hydrogens is 294 g/mol. The van der Waals surface area contributed by atoms with Crippen molar-refractivity contribution in [3.63, 3.8) is 0 Å². The van der Waals surface area contributed by atoms with Gasteiger partial charge in [0.15, 0.2) is 0 Å². The number of piperazine rings is 1. The maximum Gasteiger partial charge on any atom is 0.284 e. The number of hydrogen-bond donors (Lipinski definition) is 3. The van der Waals surface area contributed by atoms with E-state index < -0.39 is 0 Å². The van der Waals surface area contributed by atoms with Gasteiger partial charge in [-0.1, -0.05) is 0 Å². The average Bonchev–Trinajstić information content (AvgIpc) is 2.54. The van der Waals surface area contributed by atoms with Crippen LogP contribution in [0.5, 0.6) is 5.88 Å². The summed E-state index contributed by atoms with van der Waals surface area (Å²) in [6.07, 6.45) is 0. The topological polar surface area (TPSA) is 120 Å². The summed E-state index contributed by atoms with van der Waals surface area (Å²) < 4.78 is 5.22. The van der Waals surface area contributed by atoms with Crippen LogP contribution in [-0.4, -0.2) is 45.3 Å². The van der Waals surface area contributed by atoms with Gasteiger partial charge < -0.3 is 20.3 Å². The number of nitriles is 1. The zero-order valence-corrected chi connectivity index (χ0v) is 13.3. The van der Waals surface area contributed by atoms with Crippen molar-refractivity contribution in [1.82, 2.24) is 4.98 Å². The molecule has 1 saturated heterocycles. The van der Waals surface area contributed by atoms with Gasteiger partial charge in [0, 0.05) is 11.5 Å². The van der Waals surface area contributed by atoms with Crippen LogP contribution in [0.3, 0.4) is 0 Å². The van der Waals surface area contributed by atoms with E-state index in [9.17, 15) is 5.26 Å². The number of nitrogens with two attached hydrogens (primary N) is 2. The Morgan fingerprint density at radius 1 is 1.39 bits per heavy atom. The van der Waals surface area contributed by atoms with Crippen LogP contribution in [0, 0.1) is 11.3 Å². The molecule has 1 fully saturated rings. The van der Waals surface area contributed by atoms with E-state index in [4.69, 9.17) is 16.2 Å². The number of anilines is 3. The third-order valence-corrected chi connectivity index (χ3v) is 4.30. The number of hydrogen-bond acceptors (Lipinski definition) is 6. The Bertz CT molecular complexity index is 791. The van der Waals surface area contributed by atoms with Crippen LogP contribution < -0.4 is 31.0 Å². The highest BCUT2D eigenvalue weighted by Crippen LogP contribution is 2.33. The van der Waals surface area contributed by atoms with Crippen LogP contribution in [0.15, 0.2) is 6.07 Å². The van der Waals surface area contributed by atoms with E-state index >= 15 is 0 Å². The van der Waals surface area contributed by atoms with Gasteiger partial charge in [-0.2, -0.15) is 5.26 Å². The molecule has 3 heterocycles. The number of likely N-dealkylation sites (N-methyl/N-ethyl adjacent to an activating group) is 1. The second-order valence-electron chi connectivity index (χ2n) is 5.79. The molecule has 0 aromatic carbocycles. The minimum atomic E-state index is 0.316. The second kappa shape index (κ2) is 5.78. The van der Waals surface area contributed by atoms with Crippen LogP contribution in [0.1, 0.15) is 5.56 Å². The first kappa shape index (κ1) is 15.1. The van der Waals surface area contributed by atoms with E-state index in [1.807, 2.05) is 0 Å². The molecule has 1 aliphatic rings. The van der Waals surface area contributed by atoms with Gasteiger partial charge in [-0.05, 0) is 0 Å². The van der Waals surface area contributed by atoms with E-state index in [2.05, 4.69) is 28.0 Å². The lowest BCUT2D eigenvalue weighted by Crippen LogP contribution is -3.12. The van der Waals surface area contributed by atoms with Crippen LogP contribution in [0.2, 0.25) is 0 Å². The number of ether oxygens (including phenoxy) is 1. The van der Waals surface area contributed by atoms with E-state index in [0.29, 0.717) is 39.7 Å². The fourth-order valence-electron chi connectivity index (χ4n) is 2.95. The molecule has 3 rings (SSSR count). The minimum absolute atomic E-state index is 0.316. The number of nitrogens with one attached hydrogen (secondary N) is 2. The standard InChI is InChI=1S/C15H19N7O/c1-21-3-5-22(6-4-21)15-10(8-16)9-7-11(23-2)19-13(17)12(9)14(18)20-15/h7H,3-6H2,1-2H3,(H2,17,19)(H2,18,20)/p+2. The lowest BCUT2D eigenvalue weighted by Gasteiger charge is -2.31. The number of nitrogens with zero attached hydrogens (tertiary/aromatic N) is 3. The van der Waals surface area contributed by atoms with Crippen molar-refractivity contribution in [3.05, 3.63) is 11.6 Å². The average molecular weight is 315 g/mol. The number of aromatic nitrogens is 2. The maximum absolute atomic E-state index is 9.69. The smallest absolute Gasteiger partial charge is 0.284 e. The van der Waals surface area contributed by atoms with Gasteiger partial charge in [0.05, 0.1) is 40.3 Å². The molecule has 0 spiro atoms. The molecule has 0 aliphatic carbocycles. The van der Waals surface area contributed by atoms with Crippen molar-refractivity contribution in [3.8, 4) is 11.9 Å². The molecule has 23 heavy (non-hydrogen) atoms. The second-order valence-corrected chi connectivity index (χ2v) is 5.79. The van der Waals surface area contributed by atoms with Crippen molar-refractivity contribution < 1.29 is 14.6 Å². The first-order chi connectivity index (χ1) is 11.0. The third-order valence-electron chi connectivity index (χ3n) is 4.30. The van der Waals surface area contributed by atoms with Gasteiger partial charge in [-0.3, -0.25) is 5.73 Å². The molecule has 0 radical (unpaired) electrons. The Morgan fingerprint density at radius 2 is 2.09 bits per heavy atom. The van der Waals surface area contributed by atoms with E-state index in [1.54, 1.807) is 6.07 Å². The highest BCUT2D eigenvalue weighted by molar-refractivity contribution is 6.03. The molecule has 0 amide bonds. The van der Waals surface area contributed by atoms with Crippen molar-refractivity contribution in [2.75, 3.05) is 56.7 Å². The number of H-pyrrole nitrogens is 1. The summed E-state index contributed by atoms with van der Waals surface area (Å²) in [5.74, 6) is 1.76. The molecule has 0 atom stereocenters. The van der Waals surface area contributed by atoms with Gasteiger partial charge in [0.2, 0.25) is 0 Å². The first-order valence-corrected chi connectivity index (χ1v) is 7.50. The Morgan fingerprint density at radius 3 is 2.70 bits per heavy atom. The predicted octanol–water partition coefficient (Wildman–Crippen LogP) is -1.57. The molecule has 0 bridgehead atoms. The maximum atomic E-state index is 9.69. The number of nitrogen functional groups attached to an aromatic ring is 2. The fraction of sp³-hybridized carbons (Fsp3) is 0.400. The molecule has 120 valence electrons. The van der Waals surface area contributed by atoms with E-state index in [-0.39, 0.29) is 0 Å². The van der Waals surface area contributed by atoms with Gasteiger partial charge in [0.1, 0.15) is 28.7 Å². The van der Waals surface area contributed by atoms with Gasteiger partial charge >= 0.3 is 0 Å². The van der Waals surface area contributed by atoms with Crippen molar-refractivity contribution in [2.45, 2.75) is 0 Å². The number of fused-ring (bicyclic) bond motifs is 1. The third kappa shape index (κ3) is 2.55. The molecule has 0 unspecified atom stereocenters. The minimum Gasteiger partial charge on any atom is -0.466 e. The quantitative estimate of drug-likeness (QED) is 0.616. The Hall–Kier alpha value is -2.79. The van der Waals surface area contributed by atoms with Crippen LogP contribution >= 0.6 is 0 Å². The lowest BCUT2D eigenvalue weighted by atomic mass is 10.1. The highest BCUT2D eigenvalue weighted by atomic mass is 16.5. The largest absolute Gasteiger partial charge is 0.466 e. The zero-order valence-electron chi connectivity index (χ0n) is 13.3. The van der Waals surface area contributed by atoms with Crippen LogP contribution in [0.25, 0.3) is 10.8 Å². The summed E-state index contributed by atoms with van der Waals surface area (Å²) >= 11 is 0. The summed E-state index contributed by atoms with van der Waals surface area (Å²) in [4.78, 5) is 11.0. The van der Waals surface area contributed by atoms with Crippen LogP contribution in [0.4, 0.5) is 17.5 Å². The Kier molecular flexibility index (Phi) is 3.80. The van der Waals surface area contributed by atoms with Crippen molar-refractivity contribution in [2.24, 2.45) is 0 Å². The fourth-order valence-corrected chi connectivity index (χ4v) is 2.95. The normalized spacial score (nSPS) is 15.6. The highest BCUT2D eigenvalue weighted by Gasteiger charge is 2.25. The van der Waals surface area contributed by atoms with Crippen LogP contribution in [-0.2, 0) is 0 Å². The monoisotopic (exact) mass is 315 g/mol. The molecule has 0 saturated carbocycles. The molecular formula is C15H21N7O+2. The summed E-state index contributed by atoms with van der Waals surface area (Å²) in [5, 5.41) is 10.9. The molecule has 8 nitrogen and oxygen atoms in total. The number of aromatic amines is 1. The van der Waals surface area contributed by atoms with Gasteiger partial charge in [0.25, 0.3) is 11.7 Å². The number of pyridine rings is 2. The molecule has 2 aromatic heterocycles. The number of methoxy groups -OCH3 is 1. The summed E-state index contributed by atoms with van der Waals surface area (Å²) in [7, 11) is 3.70.